The smallest absolute Gasteiger partial charge is 0.270 e. The van der Waals surface area contributed by atoms with Crippen LogP contribution in [0.1, 0.15) is 16.8 Å². The average Bonchev–Trinajstić information content (AvgIpc) is 3.00. The van der Waals surface area contributed by atoms with Gasteiger partial charge in [0.25, 0.3) is 5.91 Å². The Bertz CT molecular complexity index is 855. The number of fused-ring (bicyclic) bond motifs is 1. The Morgan fingerprint density at radius 1 is 1.26 bits per heavy atom. The molecule has 0 N–H and O–H groups in total. The number of amides is 1. The molecule has 1 aliphatic heterocycles. The largest absolute Gasteiger partial charge is 0.350 e. The van der Waals surface area contributed by atoms with Gasteiger partial charge >= 0.3 is 0 Å². The highest BCUT2D eigenvalue weighted by Crippen LogP contribution is 2.25. The maximum Gasteiger partial charge on any atom is 0.270 e. The van der Waals surface area contributed by atoms with Crippen LogP contribution in [-0.2, 0) is 16.9 Å². The van der Waals surface area contributed by atoms with Gasteiger partial charge in [0.15, 0.2) is 9.84 Å². The number of rotatable bonds is 3. The van der Waals surface area contributed by atoms with Crippen LogP contribution in [0.25, 0.3) is 10.9 Å². The number of nitrogens with zero attached hydrogens (tertiary/aromatic N) is 3. The van der Waals surface area contributed by atoms with Crippen molar-refractivity contribution in [2.75, 3.05) is 25.6 Å². The van der Waals surface area contributed by atoms with Gasteiger partial charge in [-0.15, -0.1) is 0 Å². The highest BCUT2D eigenvalue weighted by molar-refractivity contribution is 7.91. The summed E-state index contributed by atoms with van der Waals surface area (Å²) in [5.74, 6) is 0.0147. The van der Waals surface area contributed by atoms with Gasteiger partial charge in [-0.2, -0.15) is 0 Å². The van der Waals surface area contributed by atoms with Crippen LogP contribution < -0.4 is 0 Å². The zero-order valence-corrected chi connectivity index (χ0v) is 14.4. The van der Waals surface area contributed by atoms with Crippen molar-refractivity contribution in [1.82, 2.24) is 14.6 Å². The van der Waals surface area contributed by atoms with Crippen LogP contribution in [0, 0.1) is 0 Å². The first-order valence-corrected chi connectivity index (χ1v) is 9.37. The number of aryl methyl sites for hydroxylation is 1. The lowest BCUT2D eigenvalue weighted by Crippen LogP contribution is -2.49. The molecule has 0 aliphatic carbocycles. The third-order valence-electron chi connectivity index (χ3n) is 4.32. The maximum atomic E-state index is 13.1. The van der Waals surface area contributed by atoms with E-state index in [4.69, 9.17) is 0 Å². The minimum Gasteiger partial charge on any atom is -0.350 e. The summed E-state index contributed by atoms with van der Waals surface area (Å²) >= 11 is 0. The fraction of sp³-hybridized carbons (Fsp3) is 0.438. The van der Waals surface area contributed by atoms with Crippen LogP contribution in [-0.4, -0.2) is 60.6 Å². The van der Waals surface area contributed by atoms with Crippen LogP contribution >= 0.6 is 0 Å². The van der Waals surface area contributed by atoms with Gasteiger partial charge < -0.3 is 4.57 Å². The molecule has 1 aromatic heterocycles. The molecule has 2 aromatic rings. The summed E-state index contributed by atoms with van der Waals surface area (Å²) < 4.78 is 25.5. The first-order chi connectivity index (χ1) is 10.8. The Labute approximate surface area is 136 Å². The molecule has 1 fully saturated rings. The maximum absolute atomic E-state index is 13.1. The molecular weight excluding hydrogens is 314 g/mol. The quantitative estimate of drug-likeness (QED) is 0.793. The van der Waals surface area contributed by atoms with Gasteiger partial charge in [0.05, 0.1) is 23.1 Å². The number of hydrogen-bond acceptors (Lipinski definition) is 4. The number of hydrazine groups is 1. The Balaban J connectivity index is 2.01. The van der Waals surface area contributed by atoms with Gasteiger partial charge in [0.2, 0.25) is 0 Å². The number of benzene rings is 1. The third kappa shape index (κ3) is 2.86. The second-order valence-electron chi connectivity index (χ2n) is 6.22. The summed E-state index contributed by atoms with van der Waals surface area (Å²) in [6.07, 6.45) is 2.30. The second kappa shape index (κ2) is 5.65. The standard InChI is InChI=1S/C16H21N3O3S/c1-17(2)19(12-8-9-23(21,22)11-12)16(20)14-10-18(3)15-7-5-4-6-13(14)15/h4-7,10,12H,8-9,11H2,1-3H3/t12-/m1/s1. The van der Waals surface area contributed by atoms with Gasteiger partial charge in [-0.25, -0.2) is 13.4 Å². The number of sulfone groups is 1. The van der Waals surface area contributed by atoms with E-state index in [1.54, 1.807) is 24.1 Å². The van der Waals surface area contributed by atoms with E-state index in [1.165, 1.54) is 0 Å². The van der Waals surface area contributed by atoms with Crippen molar-refractivity contribution in [2.24, 2.45) is 7.05 Å². The summed E-state index contributed by atoms with van der Waals surface area (Å²) in [6, 6.07) is 7.41. The summed E-state index contributed by atoms with van der Waals surface area (Å²) in [5, 5.41) is 4.15. The molecule has 23 heavy (non-hydrogen) atoms. The zero-order valence-electron chi connectivity index (χ0n) is 13.6. The van der Waals surface area contributed by atoms with Gasteiger partial charge in [-0.3, -0.25) is 9.80 Å². The zero-order chi connectivity index (χ0) is 16.8. The molecule has 124 valence electrons. The molecule has 7 heteroatoms. The van der Waals surface area contributed by atoms with Crippen LogP contribution in [0.2, 0.25) is 0 Å². The molecule has 1 saturated heterocycles. The molecular formula is C16H21N3O3S. The summed E-state index contributed by atoms with van der Waals surface area (Å²) in [4.78, 5) is 13.1. The normalized spacial score (nSPS) is 20.3. The molecule has 1 aromatic carbocycles. The molecule has 6 nitrogen and oxygen atoms in total. The van der Waals surface area contributed by atoms with E-state index in [9.17, 15) is 13.2 Å². The average molecular weight is 335 g/mol. The van der Waals surface area contributed by atoms with E-state index in [0.29, 0.717) is 12.0 Å². The second-order valence-corrected chi connectivity index (χ2v) is 8.45. The van der Waals surface area contributed by atoms with Gasteiger partial charge in [-0.1, -0.05) is 18.2 Å². The number of carbonyl (C=O) groups is 1. The fourth-order valence-corrected chi connectivity index (χ4v) is 4.97. The molecule has 0 unspecified atom stereocenters. The Kier molecular flexibility index (Phi) is 3.93. The third-order valence-corrected chi connectivity index (χ3v) is 6.07. The predicted molar refractivity (Wildman–Crippen MR) is 89.8 cm³/mol. The molecule has 1 amide bonds. The minimum absolute atomic E-state index is 0.0295. The molecule has 1 aliphatic rings. The van der Waals surface area contributed by atoms with E-state index in [0.717, 1.165) is 10.9 Å². The molecule has 0 spiro atoms. The summed E-state index contributed by atoms with van der Waals surface area (Å²) in [6.45, 7) is 0. The van der Waals surface area contributed by atoms with Crippen molar-refractivity contribution >= 4 is 26.6 Å². The van der Waals surface area contributed by atoms with E-state index in [1.807, 2.05) is 42.1 Å². The minimum atomic E-state index is -3.05. The molecule has 0 radical (unpaired) electrons. The first-order valence-electron chi connectivity index (χ1n) is 7.55. The topological polar surface area (TPSA) is 62.6 Å². The van der Waals surface area contributed by atoms with Gasteiger partial charge in [0.1, 0.15) is 0 Å². The lowest BCUT2D eigenvalue weighted by atomic mass is 10.1. The van der Waals surface area contributed by atoms with Crippen molar-refractivity contribution in [2.45, 2.75) is 12.5 Å². The molecule has 3 rings (SSSR count). The first kappa shape index (κ1) is 16.0. The van der Waals surface area contributed by atoms with E-state index in [2.05, 4.69) is 0 Å². The van der Waals surface area contributed by atoms with Crippen LogP contribution in [0.3, 0.4) is 0 Å². The number of aromatic nitrogens is 1. The lowest BCUT2D eigenvalue weighted by Gasteiger charge is -2.33. The van der Waals surface area contributed by atoms with Gasteiger partial charge in [0, 0.05) is 38.2 Å². The van der Waals surface area contributed by atoms with E-state index in [-0.39, 0.29) is 23.5 Å². The van der Waals surface area contributed by atoms with Crippen LogP contribution in [0.5, 0.6) is 0 Å². The van der Waals surface area contributed by atoms with E-state index < -0.39 is 9.84 Å². The molecule has 1 atom stereocenters. The molecule has 0 bridgehead atoms. The summed E-state index contributed by atoms with van der Waals surface area (Å²) in [7, 11) is 2.39. The van der Waals surface area contributed by atoms with Crippen molar-refractivity contribution in [3.8, 4) is 0 Å². The van der Waals surface area contributed by atoms with Crippen LogP contribution in [0.15, 0.2) is 30.5 Å². The number of carbonyl (C=O) groups excluding carboxylic acids is 1. The van der Waals surface area contributed by atoms with Gasteiger partial charge in [-0.05, 0) is 12.5 Å². The van der Waals surface area contributed by atoms with Crippen LogP contribution in [0.4, 0.5) is 0 Å². The highest BCUT2D eigenvalue weighted by Gasteiger charge is 2.37. The highest BCUT2D eigenvalue weighted by atomic mass is 32.2. The van der Waals surface area contributed by atoms with Crippen molar-refractivity contribution in [1.29, 1.82) is 0 Å². The fourth-order valence-electron chi connectivity index (χ4n) is 3.28. The number of para-hydroxylation sites is 1. The predicted octanol–water partition coefficient (Wildman–Crippen LogP) is 1.28. The Hall–Kier alpha value is -1.86. The molecule has 0 saturated carbocycles. The molecule has 2 heterocycles. The SMILES string of the molecule is CN(C)N(C(=O)c1cn(C)c2ccccc12)[C@@H]1CCS(=O)(=O)C1. The van der Waals surface area contributed by atoms with Crippen molar-refractivity contribution in [3.05, 3.63) is 36.0 Å². The van der Waals surface area contributed by atoms with E-state index >= 15 is 0 Å². The van der Waals surface area contributed by atoms with Crippen molar-refractivity contribution < 1.29 is 13.2 Å². The lowest BCUT2D eigenvalue weighted by molar-refractivity contribution is 0.00118. The van der Waals surface area contributed by atoms with Crippen molar-refractivity contribution in [3.63, 3.8) is 0 Å². The monoisotopic (exact) mass is 335 g/mol. The Morgan fingerprint density at radius 3 is 2.57 bits per heavy atom. The Morgan fingerprint density at radius 2 is 1.96 bits per heavy atom. The number of hydrogen-bond donors (Lipinski definition) is 0. The summed E-state index contributed by atoms with van der Waals surface area (Å²) in [5.41, 5.74) is 1.58.